The number of aromatic hydroxyl groups is 1. The lowest BCUT2D eigenvalue weighted by atomic mass is 10.3. The molecule has 1 aromatic rings. The Bertz CT molecular complexity index is 537. The standard InChI is InChI=1S/C14H17FN2O4/c1-9(18)17-6-10(15)13(7-17)21-8-14(20)16-11-4-2-3-5-12(11)19/h2-5,10,13,19H,6-8H2,1H3,(H,16,20)/t10-,13+/m1/s1. The Morgan fingerprint density at radius 2 is 2.14 bits per heavy atom. The fraction of sp³-hybridized carbons (Fsp3) is 0.429. The van der Waals surface area contributed by atoms with Crippen LogP contribution in [0, 0.1) is 0 Å². The van der Waals surface area contributed by atoms with Crippen molar-refractivity contribution in [3.63, 3.8) is 0 Å². The van der Waals surface area contributed by atoms with Gasteiger partial charge in [-0.05, 0) is 12.1 Å². The number of amides is 2. The average molecular weight is 296 g/mol. The van der Waals surface area contributed by atoms with Crippen LogP contribution in [0.3, 0.4) is 0 Å². The summed E-state index contributed by atoms with van der Waals surface area (Å²) in [6.45, 7) is 1.15. The Hall–Kier alpha value is -2.15. The molecule has 1 aliphatic heterocycles. The maximum Gasteiger partial charge on any atom is 0.250 e. The molecule has 6 nitrogen and oxygen atoms in total. The summed E-state index contributed by atoms with van der Waals surface area (Å²) >= 11 is 0. The van der Waals surface area contributed by atoms with Gasteiger partial charge in [0.15, 0.2) is 0 Å². The van der Waals surface area contributed by atoms with E-state index in [9.17, 15) is 19.1 Å². The highest BCUT2D eigenvalue weighted by Gasteiger charge is 2.35. The predicted molar refractivity (Wildman–Crippen MR) is 73.6 cm³/mol. The lowest BCUT2D eigenvalue weighted by Gasteiger charge is -2.14. The number of benzene rings is 1. The Labute approximate surface area is 121 Å². The maximum absolute atomic E-state index is 13.6. The molecular formula is C14H17FN2O4. The van der Waals surface area contributed by atoms with E-state index in [4.69, 9.17) is 4.74 Å². The Balaban J connectivity index is 1.82. The summed E-state index contributed by atoms with van der Waals surface area (Å²) in [6.07, 6.45) is -2.10. The van der Waals surface area contributed by atoms with Crippen LogP contribution in [0.25, 0.3) is 0 Å². The van der Waals surface area contributed by atoms with Gasteiger partial charge >= 0.3 is 0 Å². The number of nitrogens with zero attached hydrogens (tertiary/aromatic N) is 1. The van der Waals surface area contributed by atoms with Crippen LogP contribution in [0.4, 0.5) is 10.1 Å². The average Bonchev–Trinajstić information content (AvgIpc) is 2.81. The number of nitrogens with one attached hydrogen (secondary N) is 1. The smallest absolute Gasteiger partial charge is 0.250 e. The lowest BCUT2D eigenvalue weighted by molar-refractivity contribution is -0.128. The summed E-state index contributed by atoms with van der Waals surface area (Å²) < 4.78 is 18.9. The van der Waals surface area contributed by atoms with Crippen LogP contribution in [0.1, 0.15) is 6.92 Å². The number of ether oxygens (including phenoxy) is 1. The highest BCUT2D eigenvalue weighted by molar-refractivity contribution is 5.93. The third kappa shape index (κ3) is 3.91. The fourth-order valence-corrected chi connectivity index (χ4v) is 2.10. The van der Waals surface area contributed by atoms with Crippen molar-refractivity contribution in [1.82, 2.24) is 4.90 Å². The number of hydrogen-bond donors (Lipinski definition) is 2. The number of anilines is 1. The van der Waals surface area contributed by atoms with Gasteiger partial charge in [-0.1, -0.05) is 12.1 Å². The zero-order chi connectivity index (χ0) is 15.4. The van der Waals surface area contributed by atoms with Gasteiger partial charge < -0.3 is 20.1 Å². The summed E-state index contributed by atoms with van der Waals surface area (Å²) in [5.74, 6) is -0.773. The summed E-state index contributed by atoms with van der Waals surface area (Å²) in [5.41, 5.74) is 0.264. The van der Waals surface area contributed by atoms with Crippen molar-refractivity contribution < 1.29 is 23.8 Å². The largest absolute Gasteiger partial charge is 0.506 e. The second kappa shape index (κ2) is 6.53. The number of rotatable bonds is 4. The molecule has 21 heavy (non-hydrogen) atoms. The molecule has 2 rings (SSSR count). The van der Waals surface area contributed by atoms with E-state index in [1.165, 1.54) is 24.0 Å². The van der Waals surface area contributed by atoms with E-state index in [1.807, 2.05) is 0 Å². The molecule has 1 saturated heterocycles. The number of likely N-dealkylation sites (tertiary alicyclic amines) is 1. The second-order valence-electron chi connectivity index (χ2n) is 4.85. The molecule has 1 fully saturated rings. The number of phenols is 1. The molecule has 7 heteroatoms. The maximum atomic E-state index is 13.6. The van der Waals surface area contributed by atoms with Gasteiger partial charge in [-0.2, -0.15) is 0 Å². The molecule has 2 N–H and O–H groups in total. The first kappa shape index (κ1) is 15.2. The van der Waals surface area contributed by atoms with Crippen molar-refractivity contribution in [1.29, 1.82) is 0 Å². The first-order valence-electron chi connectivity index (χ1n) is 6.56. The molecule has 0 aromatic heterocycles. The van der Waals surface area contributed by atoms with E-state index in [1.54, 1.807) is 12.1 Å². The fourth-order valence-electron chi connectivity index (χ4n) is 2.10. The van der Waals surface area contributed by atoms with Gasteiger partial charge in [0.2, 0.25) is 11.8 Å². The normalized spacial score (nSPS) is 21.3. The van der Waals surface area contributed by atoms with Crippen molar-refractivity contribution in [3.05, 3.63) is 24.3 Å². The van der Waals surface area contributed by atoms with Crippen LogP contribution >= 0.6 is 0 Å². The summed E-state index contributed by atoms with van der Waals surface area (Å²) in [5, 5.41) is 12.0. The first-order valence-corrected chi connectivity index (χ1v) is 6.56. The number of halogens is 1. The molecular weight excluding hydrogens is 279 g/mol. The van der Waals surface area contributed by atoms with E-state index < -0.39 is 18.2 Å². The van der Waals surface area contributed by atoms with E-state index >= 15 is 0 Å². The van der Waals surface area contributed by atoms with E-state index in [0.29, 0.717) is 0 Å². The molecule has 2 amide bonds. The van der Waals surface area contributed by atoms with Gasteiger partial charge in [0.1, 0.15) is 24.6 Å². The first-order chi connectivity index (χ1) is 9.97. The Morgan fingerprint density at radius 1 is 1.43 bits per heavy atom. The number of para-hydroxylation sites is 2. The molecule has 114 valence electrons. The van der Waals surface area contributed by atoms with Gasteiger partial charge in [-0.15, -0.1) is 0 Å². The topological polar surface area (TPSA) is 78.9 Å². The highest BCUT2D eigenvalue weighted by Crippen LogP contribution is 2.21. The Kier molecular flexibility index (Phi) is 4.74. The van der Waals surface area contributed by atoms with Crippen LogP contribution in [0.15, 0.2) is 24.3 Å². The van der Waals surface area contributed by atoms with E-state index in [-0.39, 0.29) is 37.0 Å². The summed E-state index contributed by atoms with van der Waals surface area (Å²) in [4.78, 5) is 24.2. The van der Waals surface area contributed by atoms with Crippen molar-refractivity contribution in [2.75, 3.05) is 25.0 Å². The molecule has 0 spiro atoms. The van der Waals surface area contributed by atoms with Gasteiger partial charge in [0.25, 0.3) is 0 Å². The third-order valence-electron chi connectivity index (χ3n) is 3.25. The third-order valence-corrected chi connectivity index (χ3v) is 3.25. The van der Waals surface area contributed by atoms with E-state index in [2.05, 4.69) is 5.32 Å². The number of hydrogen-bond acceptors (Lipinski definition) is 4. The monoisotopic (exact) mass is 296 g/mol. The van der Waals surface area contributed by atoms with Crippen molar-refractivity contribution in [2.24, 2.45) is 0 Å². The molecule has 0 aliphatic carbocycles. The van der Waals surface area contributed by atoms with Crippen LogP contribution in [-0.2, 0) is 14.3 Å². The SMILES string of the molecule is CC(=O)N1C[C@@H](F)[C@@H](OCC(=O)Nc2ccccc2O)C1. The lowest BCUT2D eigenvalue weighted by Crippen LogP contribution is -2.30. The molecule has 0 bridgehead atoms. The molecule has 0 unspecified atom stereocenters. The van der Waals surface area contributed by atoms with Crippen molar-refractivity contribution in [3.8, 4) is 5.75 Å². The number of carbonyl (C=O) groups is 2. The molecule has 1 aromatic carbocycles. The highest BCUT2D eigenvalue weighted by atomic mass is 19.1. The molecule has 1 aliphatic rings. The van der Waals surface area contributed by atoms with Crippen LogP contribution < -0.4 is 5.32 Å². The quantitative estimate of drug-likeness (QED) is 0.810. The zero-order valence-corrected chi connectivity index (χ0v) is 11.6. The molecule has 2 atom stereocenters. The number of carbonyl (C=O) groups excluding carboxylic acids is 2. The minimum Gasteiger partial charge on any atom is -0.506 e. The number of phenolic OH excluding ortho intramolecular Hbond substituents is 1. The van der Waals surface area contributed by atoms with E-state index in [0.717, 1.165) is 0 Å². The minimum atomic E-state index is -1.30. The minimum absolute atomic E-state index is 0.0128. The van der Waals surface area contributed by atoms with Crippen molar-refractivity contribution in [2.45, 2.75) is 19.2 Å². The van der Waals surface area contributed by atoms with Gasteiger partial charge in [0, 0.05) is 13.5 Å². The van der Waals surface area contributed by atoms with Crippen LogP contribution in [-0.4, -0.2) is 53.8 Å². The van der Waals surface area contributed by atoms with Crippen molar-refractivity contribution >= 4 is 17.5 Å². The Morgan fingerprint density at radius 3 is 2.76 bits per heavy atom. The second-order valence-corrected chi connectivity index (χ2v) is 4.85. The molecule has 1 heterocycles. The zero-order valence-electron chi connectivity index (χ0n) is 11.6. The van der Waals surface area contributed by atoms with Gasteiger partial charge in [0.05, 0.1) is 12.2 Å². The molecule has 0 saturated carbocycles. The predicted octanol–water partition coefficient (Wildman–Crippen LogP) is 0.916. The number of alkyl halides is 1. The molecule has 0 radical (unpaired) electrons. The van der Waals surface area contributed by atoms with Crippen LogP contribution in [0.2, 0.25) is 0 Å². The van der Waals surface area contributed by atoms with Gasteiger partial charge in [-0.25, -0.2) is 4.39 Å². The summed E-state index contributed by atoms with van der Waals surface area (Å²) in [6, 6.07) is 6.27. The summed E-state index contributed by atoms with van der Waals surface area (Å²) in [7, 11) is 0. The van der Waals surface area contributed by atoms with Gasteiger partial charge in [-0.3, -0.25) is 9.59 Å². The van der Waals surface area contributed by atoms with Crippen LogP contribution in [0.5, 0.6) is 5.75 Å².